The quantitative estimate of drug-likeness (QED) is 0.776. The van der Waals surface area contributed by atoms with E-state index in [4.69, 9.17) is 4.74 Å². The van der Waals surface area contributed by atoms with Crippen LogP contribution in [0.2, 0.25) is 0 Å². The molecule has 0 aliphatic rings. The molecule has 0 aliphatic heterocycles. The first-order valence-corrected chi connectivity index (χ1v) is 7.10. The number of hydrogen-bond acceptors (Lipinski definition) is 4. The van der Waals surface area contributed by atoms with Gasteiger partial charge in [0.15, 0.2) is 0 Å². The minimum Gasteiger partial charge on any atom is -0.385 e. The van der Waals surface area contributed by atoms with E-state index in [9.17, 15) is 9.59 Å². The van der Waals surface area contributed by atoms with Crippen molar-refractivity contribution in [1.29, 1.82) is 0 Å². The van der Waals surface area contributed by atoms with Gasteiger partial charge in [0.1, 0.15) is 5.69 Å². The Morgan fingerprint density at radius 3 is 2.73 bits per heavy atom. The Kier molecular flexibility index (Phi) is 5.85. The molecule has 0 saturated heterocycles. The van der Waals surface area contributed by atoms with Crippen LogP contribution in [0.1, 0.15) is 22.5 Å². The van der Waals surface area contributed by atoms with Crippen molar-refractivity contribution in [1.82, 2.24) is 15.1 Å². The fourth-order valence-corrected chi connectivity index (χ4v) is 1.95. The van der Waals surface area contributed by atoms with Crippen molar-refractivity contribution in [3.63, 3.8) is 0 Å². The standard InChI is InChI=1S/C16H19N3O3/c1-22-11-5-10-17-16(21)14-8-9-15(20)19(18-14)12-13-6-3-2-4-7-13/h2-4,6-9H,5,10-12H2,1H3,(H,17,21). The number of nitrogens with one attached hydrogen (secondary N) is 1. The van der Waals surface area contributed by atoms with E-state index < -0.39 is 0 Å². The third-order valence-corrected chi connectivity index (χ3v) is 3.09. The van der Waals surface area contributed by atoms with Crippen molar-refractivity contribution in [2.24, 2.45) is 0 Å². The summed E-state index contributed by atoms with van der Waals surface area (Å²) in [5, 5.41) is 6.87. The highest BCUT2D eigenvalue weighted by Gasteiger charge is 2.09. The molecule has 6 nitrogen and oxygen atoms in total. The summed E-state index contributed by atoms with van der Waals surface area (Å²) in [6.07, 6.45) is 0.728. The van der Waals surface area contributed by atoms with Crippen LogP contribution in [0.25, 0.3) is 0 Å². The third-order valence-electron chi connectivity index (χ3n) is 3.09. The third kappa shape index (κ3) is 4.53. The lowest BCUT2D eigenvalue weighted by Crippen LogP contribution is -2.30. The maximum atomic E-state index is 12.0. The highest BCUT2D eigenvalue weighted by atomic mass is 16.5. The summed E-state index contributed by atoms with van der Waals surface area (Å²) >= 11 is 0. The normalized spacial score (nSPS) is 10.4. The summed E-state index contributed by atoms with van der Waals surface area (Å²) in [5.41, 5.74) is 0.947. The number of aromatic nitrogens is 2. The van der Waals surface area contributed by atoms with E-state index in [-0.39, 0.29) is 17.2 Å². The summed E-state index contributed by atoms with van der Waals surface area (Å²) in [6.45, 7) is 1.43. The molecule has 0 radical (unpaired) electrons. The number of benzene rings is 1. The zero-order valence-electron chi connectivity index (χ0n) is 12.5. The minimum atomic E-state index is -0.294. The molecule has 0 bridgehead atoms. The van der Waals surface area contributed by atoms with E-state index in [0.717, 1.165) is 12.0 Å². The minimum absolute atomic E-state index is 0.230. The number of methoxy groups -OCH3 is 1. The fraction of sp³-hybridized carbons (Fsp3) is 0.312. The van der Waals surface area contributed by atoms with Gasteiger partial charge < -0.3 is 10.1 Å². The van der Waals surface area contributed by atoms with Gasteiger partial charge in [-0.25, -0.2) is 4.68 Å². The van der Waals surface area contributed by atoms with Crippen LogP contribution >= 0.6 is 0 Å². The van der Waals surface area contributed by atoms with E-state index in [1.807, 2.05) is 30.3 Å². The molecule has 1 N–H and O–H groups in total. The largest absolute Gasteiger partial charge is 0.385 e. The number of nitrogens with zero attached hydrogens (tertiary/aromatic N) is 2. The highest BCUT2D eigenvalue weighted by molar-refractivity contribution is 5.91. The topological polar surface area (TPSA) is 73.2 Å². The molecule has 2 aromatic rings. The van der Waals surface area contributed by atoms with Crippen LogP contribution in [-0.4, -0.2) is 35.9 Å². The molecule has 2 rings (SSSR count). The van der Waals surface area contributed by atoms with Crippen molar-refractivity contribution >= 4 is 5.91 Å². The van der Waals surface area contributed by atoms with Gasteiger partial charge in [0.2, 0.25) is 0 Å². The Labute approximate surface area is 128 Å². The number of carbonyl (C=O) groups excluding carboxylic acids is 1. The smallest absolute Gasteiger partial charge is 0.271 e. The molecule has 0 spiro atoms. The summed E-state index contributed by atoms with van der Waals surface area (Å²) in [7, 11) is 1.61. The van der Waals surface area contributed by atoms with Gasteiger partial charge >= 0.3 is 0 Å². The highest BCUT2D eigenvalue weighted by Crippen LogP contribution is 2.00. The molecule has 1 aromatic heterocycles. The predicted molar refractivity (Wildman–Crippen MR) is 82.9 cm³/mol. The second kappa shape index (κ2) is 8.09. The van der Waals surface area contributed by atoms with Crippen LogP contribution in [0.4, 0.5) is 0 Å². The number of ether oxygens (including phenoxy) is 1. The van der Waals surface area contributed by atoms with E-state index in [1.54, 1.807) is 7.11 Å². The summed E-state index contributed by atoms with van der Waals surface area (Å²) in [5.74, 6) is -0.294. The first kappa shape index (κ1) is 15.9. The lowest BCUT2D eigenvalue weighted by molar-refractivity contribution is 0.0941. The van der Waals surface area contributed by atoms with Crippen LogP contribution in [0.3, 0.4) is 0 Å². The van der Waals surface area contributed by atoms with E-state index in [2.05, 4.69) is 10.4 Å². The second-order valence-corrected chi connectivity index (χ2v) is 4.80. The Bertz CT molecular complexity index is 668. The first-order valence-electron chi connectivity index (χ1n) is 7.10. The van der Waals surface area contributed by atoms with E-state index in [0.29, 0.717) is 19.7 Å². The Morgan fingerprint density at radius 1 is 1.23 bits per heavy atom. The first-order chi connectivity index (χ1) is 10.7. The van der Waals surface area contributed by atoms with E-state index in [1.165, 1.54) is 16.8 Å². The van der Waals surface area contributed by atoms with Crippen LogP contribution in [0, 0.1) is 0 Å². The number of rotatable bonds is 7. The molecule has 116 valence electrons. The number of amides is 1. The SMILES string of the molecule is COCCCNC(=O)c1ccc(=O)n(Cc2ccccc2)n1. The molecular weight excluding hydrogens is 282 g/mol. The molecule has 0 atom stereocenters. The zero-order valence-corrected chi connectivity index (χ0v) is 12.5. The lowest BCUT2D eigenvalue weighted by atomic mass is 10.2. The molecule has 1 aromatic carbocycles. The molecule has 0 fully saturated rings. The van der Waals surface area contributed by atoms with Gasteiger partial charge in [-0.05, 0) is 18.1 Å². The van der Waals surface area contributed by atoms with Gasteiger partial charge in [-0.2, -0.15) is 5.10 Å². The Balaban J connectivity index is 2.06. The van der Waals surface area contributed by atoms with Crippen molar-refractivity contribution < 1.29 is 9.53 Å². The van der Waals surface area contributed by atoms with Crippen LogP contribution in [-0.2, 0) is 11.3 Å². The fourth-order valence-electron chi connectivity index (χ4n) is 1.95. The summed E-state index contributed by atoms with van der Waals surface area (Å²) < 4.78 is 6.21. The molecular formula is C16H19N3O3. The van der Waals surface area contributed by atoms with Crippen molar-refractivity contribution in [2.45, 2.75) is 13.0 Å². The van der Waals surface area contributed by atoms with Crippen LogP contribution in [0.5, 0.6) is 0 Å². The molecule has 0 saturated carbocycles. The number of carbonyl (C=O) groups is 1. The van der Waals surface area contributed by atoms with Gasteiger partial charge in [0, 0.05) is 26.3 Å². The molecule has 0 unspecified atom stereocenters. The predicted octanol–water partition coefficient (Wildman–Crippen LogP) is 1.06. The van der Waals surface area contributed by atoms with Gasteiger partial charge in [0.25, 0.3) is 11.5 Å². The maximum absolute atomic E-state index is 12.0. The molecule has 6 heteroatoms. The average Bonchev–Trinajstić information content (AvgIpc) is 2.54. The van der Waals surface area contributed by atoms with Crippen LogP contribution in [0.15, 0.2) is 47.3 Å². The zero-order chi connectivity index (χ0) is 15.8. The van der Waals surface area contributed by atoms with Crippen molar-refractivity contribution in [3.8, 4) is 0 Å². The number of hydrogen-bond donors (Lipinski definition) is 1. The van der Waals surface area contributed by atoms with Gasteiger partial charge in [-0.3, -0.25) is 9.59 Å². The average molecular weight is 301 g/mol. The Hall–Kier alpha value is -2.47. The van der Waals surface area contributed by atoms with Crippen LogP contribution < -0.4 is 10.9 Å². The molecule has 0 aliphatic carbocycles. The maximum Gasteiger partial charge on any atom is 0.271 e. The molecule has 1 heterocycles. The van der Waals surface area contributed by atoms with E-state index >= 15 is 0 Å². The molecule has 1 amide bonds. The summed E-state index contributed by atoms with van der Waals surface area (Å²) in [4.78, 5) is 23.8. The summed E-state index contributed by atoms with van der Waals surface area (Å²) in [6, 6.07) is 12.3. The second-order valence-electron chi connectivity index (χ2n) is 4.80. The van der Waals surface area contributed by atoms with Gasteiger partial charge in [-0.1, -0.05) is 30.3 Å². The van der Waals surface area contributed by atoms with Gasteiger partial charge in [-0.15, -0.1) is 0 Å². The van der Waals surface area contributed by atoms with Crippen molar-refractivity contribution in [3.05, 3.63) is 64.1 Å². The van der Waals surface area contributed by atoms with Crippen molar-refractivity contribution in [2.75, 3.05) is 20.3 Å². The monoisotopic (exact) mass is 301 g/mol. The van der Waals surface area contributed by atoms with Gasteiger partial charge in [0.05, 0.1) is 6.54 Å². The Morgan fingerprint density at radius 2 is 2.00 bits per heavy atom. The lowest BCUT2D eigenvalue weighted by Gasteiger charge is -2.08. The molecule has 22 heavy (non-hydrogen) atoms.